The first-order valence-corrected chi connectivity index (χ1v) is 8.04. The standard InChI is InChI=1S/C15H9F17O3/c1-2-6(33)35-5-34-4-3-9(7(16)8(17)18,10(19,12(21,22)23)13(24,25)26)11(20,14(27,28)29)15(30,31)32/h2H,1,3-5H2. The van der Waals surface area contributed by atoms with Crippen molar-refractivity contribution in [2.24, 2.45) is 5.41 Å². The van der Waals surface area contributed by atoms with Crippen molar-refractivity contribution >= 4 is 5.97 Å². The van der Waals surface area contributed by atoms with Gasteiger partial charge in [0.05, 0.1) is 6.61 Å². The van der Waals surface area contributed by atoms with Gasteiger partial charge in [0, 0.05) is 6.08 Å². The second kappa shape index (κ2) is 10.00. The van der Waals surface area contributed by atoms with Crippen LogP contribution in [0, 0.1) is 5.41 Å². The van der Waals surface area contributed by atoms with Crippen LogP contribution < -0.4 is 0 Å². The molecule has 0 aliphatic carbocycles. The summed E-state index contributed by atoms with van der Waals surface area (Å²) in [5.41, 5.74) is -24.1. The molecule has 20 heteroatoms. The van der Waals surface area contributed by atoms with E-state index in [9.17, 15) is 79.4 Å². The Bertz CT molecular complexity index is 731. The summed E-state index contributed by atoms with van der Waals surface area (Å²) in [6.07, 6.45) is -40.6. The average molecular weight is 560 g/mol. The summed E-state index contributed by atoms with van der Waals surface area (Å²) < 4.78 is 235. The van der Waals surface area contributed by atoms with Gasteiger partial charge in [-0.25, -0.2) is 18.0 Å². The molecule has 0 spiro atoms. The monoisotopic (exact) mass is 560 g/mol. The van der Waals surface area contributed by atoms with E-state index in [1.807, 2.05) is 0 Å². The topological polar surface area (TPSA) is 35.5 Å². The van der Waals surface area contributed by atoms with Crippen LogP contribution in [0.4, 0.5) is 74.6 Å². The van der Waals surface area contributed by atoms with E-state index >= 15 is 0 Å². The van der Waals surface area contributed by atoms with Crippen molar-refractivity contribution in [3.63, 3.8) is 0 Å². The van der Waals surface area contributed by atoms with E-state index in [0.29, 0.717) is 6.08 Å². The normalized spacial score (nSPS) is 14.5. The van der Waals surface area contributed by atoms with E-state index in [0.717, 1.165) is 0 Å². The van der Waals surface area contributed by atoms with E-state index in [1.54, 1.807) is 0 Å². The van der Waals surface area contributed by atoms with Gasteiger partial charge in [-0.15, -0.1) is 0 Å². The molecule has 0 N–H and O–H groups in total. The molecule has 0 aliphatic heterocycles. The SMILES string of the molecule is C=CC(=O)OCOCCC(C(F)=C(F)F)(C(F)(C(F)(F)F)C(F)(F)F)C(F)(C(F)(F)F)C(F)(F)F. The Kier molecular flexibility index (Phi) is 9.35. The Balaban J connectivity index is 7.72. The number of rotatable bonds is 9. The quantitative estimate of drug-likeness (QED) is 0.102. The minimum absolute atomic E-state index is 0.300. The van der Waals surface area contributed by atoms with E-state index in [2.05, 4.69) is 16.1 Å². The highest BCUT2D eigenvalue weighted by Gasteiger charge is 2.96. The van der Waals surface area contributed by atoms with Crippen LogP contribution in [0.3, 0.4) is 0 Å². The number of esters is 1. The van der Waals surface area contributed by atoms with Crippen molar-refractivity contribution in [3.8, 4) is 0 Å². The van der Waals surface area contributed by atoms with Crippen molar-refractivity contribution < 1.29 is 88.9 Å². The van der Waals surface area contributed by atoms with Crippen molar-refractivity contribution in [3.05, 3.63) is 24.6 Å². The van der Waals surface area contributed by atoms with E-state index < -0.39 is 79.2 Å². The number of hydrogen-bond acceptors (Lipinski definition) is 3. The lowest BCUT2D eigenvalue weighted by atomic mass is 9.58. The minimum Gasteiger partial charge on any atom is -0.435 e. The van der Waals surface area contributed by atoms with Gasteiger partial charge in [-0.2, -0.15) is 61.5 Å². The van der Waals surface area contributed by atoms with Crippen LogP contribution in [-0.2, 0) is 14.3 Å². The van der Waals surface area contributed by atoms with Crippen LogP contribution in [0.25, 0.3) is 0 Å². The van der Waals surface area contributed by atoms with Crippen molar-refractivity contribution in [1.82, 2.24) is 0 Å². The highest BCUT2D eigenvalue weighted by molar-refractivity contribution is 5.81. The summed E-state index contributed by atoms with van der Waals surface area (Å²) in [5.74, 6) is -6.54. The molecule has 0 saturated heterocycles. The average Bonchev–Trinajstić information content (AvgIpc) is 2.65. The van der Waals surface area contributed by atoms with Crippen LogP contribution in [-0.4, -0.2) is 55.4 Å². The van der Waals surface area contributed by atoms with Crippen LogP contribution in [0.2, 0.25) is 0 Å². The number of carbonyl (C=O) groups excluding carboxylic acids is 1. The molecule has 0 unspecified atom stereocenters. The largest absolute Gasteiger partial charge is 0.435 e. The summed E-state index contributed by atoms with van der Waals surface area (Å²) in [7, 11) is 0. The summed E-state index contributed by atoms with van der Waals surface area (Å²) in [4.78, 5) is 10.7. The number of ether oxygens (including phenoxy) is 2. The van der Waals surface area contributed by atoms with Crippen LogP contribution in [0.1, 0.15) is 6.42 Å². The molecule has 0 heterocycles. The van der Waals surface area contributed by atoms with E-state index in [1.165, 1.54) is 0 Å². The highest BCUT2D eigenvalue weighted by Crippen LogP contribution is 2.71. The lowest BCUT2D eigenvalue weighted by Crippen LogP contribution is -2.77. The second-order valence-corrected chi connectivity index (χ2v) is 6.23. The number of alkyl halides is 14. The first-order valence-electron chi connectivity index (χ1n) is 8.04. The predicted octanol–water partition coefficient (Wildman–Crippen LogP) is 6.81. The smallest absolute Gasteiger partial charge is 0.432 e. The van der Waals surface area contributed by atoms with Crippen molar-refractivity contribution in [1.29, 1.82) is 0 Å². The fourth-order valence-corrected chi connectivity index (χ4v) is 2.89. The molecule has 0 saturated carbocycles. The van der Waals surface area contributed by atoms with Gasteiger partial charge in [-0.05, 0) is 6.42 Å². The van der Waals surface area contributed by atoms with Gasteiger partial charge in [-0.1, -0.05) is 6.58 Å². The maximum atomic E-state index is 14.7. The van der Waals surface area contributed by atoms with Gasteiger partial charge in [0.2, 0.25) is 0 Å². The molecule has 206 valence electrons. The molecule has 0 aromatic carbocycles. The molecule has 0 fully saturated rings. The zero-order valence-corrected chi connectivity index (χ0v) is 16.1. The molecule has 3 nitrogen and oxygen atoms in total. The molecule has 0 radical (unpaired) electrons. The van der Waals surface area contributed by atoms with Crippen LogP contribution >= 0.6 is 0 Å². The molecular weight excluding hydrogens is 551 g/mol. The van der Waals surface area contributed by atoms with Gasteiger partial charge >= 0.3 is 48.1 Å². The Hall–Kier alpha value is -2.28. The molecule has 0 atom stereocenters. The predicted molar refractivity (Wildman–Crippen MR) is 76.4 cm³/mol. The van der Waals surface area contributed by atoms with Gasteiger partial charge in [0.1, 0.15) is 5.41 Å². The summed E-state index contributed by atoms with van der Waals surface area (Å²) in [5, 5.41) is 0. The second-order valence-electron chi connectivity index (χ2n) is 6.23. The summed E-state index contributed by atoms with van der Waals surface area (Å²) in [6, 6.07) is 0. The van der Waals surface area contributed by atoms with Crippen LogP contribution in [0.5, 0.6) is 0 Å². The molecule has 0 aromatic heterocycles. The lowest BCUT2D eigenvalue weighted by Gasteiger charge is -2.52. The third kappa shape index (κ3) is 5.30. The summed E-state index contributed by atoms with van der Waals surface area (Å²) >= 11 is 0. The Labute approximate surface area is 182 Å². The lowest BCUT2D eigenvalue weighted by molar-refractivity contribution is -0.443. The molecule has 35 heavy (non-hydrogen) atoms. The third-order valence-electron chi connectivity index (χ3n) is 4.35. The van der Waals surface area contributed by atoms with E-state index in [4.69, 9.17) is 0 Å². The molecule has 0 rings (SSSR count). The fourth-order valence-electron chi connectivity index (χ4n) is 2.89. The summed E-state index contributed by atoms with van der Waals surface area (Å²) in [6.45, 7) is -1.55. The Morgan fingerprint density at radius 2 is 1.03 bits per heavy atom. The maximum absolute atomic E-state index is 14.7. The molecule has 0 bridgehead atoms. The zero-order valence-electron chi connectivity index (χ0n) is 16.1. The molecule has 0 aliphatic rings. The molecule has 0 amide bonds. The number of halogens is 17. The van der Waals surface area contributed by atoms with Gasteiger partial charge in [-0.3, -0.25) is 0 Å². The van der Waals surface area contributed by atoms with Crippen molar-refractivity contribution in [2.45, 2.75) is 42.5 Å². The van der Waals surface area contributed by atoms with Gasteiger partial charge < -0.3 is 9.47 Å². The van der Waals surface area contributed by atoms with E-state index in [-0.39, 0.29) is 0 Å². The minimum atomic E-state index is -8.30. The van der Waals surface area contributed by atoms with Crippen LogP contribution in [0.15, 0.2) is 24.6 Å². The molecular formula is C15H9F17O3. The Morgan fingerprint density at radius 3 is 1.29 bits per heavy atom. The number of allylic oxidation sites excluding steroid dienone is 1. The zero-order chi connectivity index (χ0) is 28.5. The van der Waals surface area contributed by atoms with Gasteiger partial charge in [0.25, 0.3) is 0 Å². The maximum Gasteiger partial charge on any atom is 0.432 e. The third-order valence-corrected chi connectivity index (χ3v) is 4.35. The molecule has 0 aromatic rings. The highest BCUT2D eigenvalue weighted by atomic mass is 19.4. The first kappa shape index (κ1) is 32.7. The first-order chi connectivity index (χ1) is 15.3. The Morgan fingerprint density at radius 1 is 0.686 bits per heavy atom. The number of hydrogen-bond donors (Lipinski definition) is 0. The van der Waals surface area contributed by atoms with Crippen molar-refractivity contribution in [2.75, 3.05) is 13.4 Å². The van der Waals surface area contributed by atoms with Gasteiger partial charge in [0.15, 0.2) is 12.6 Å². The number of carbonyl (C=O) groups is 1. The fraction of sp³-hybridized carbons (Fsp3) is 0.667.